The molecule has 2 aromatic carbocycles. The largest absolute Gasteiger partial charge is 0.448 e. The zero-order valence-corrected chi connectivity index (χ0v) is 16.4. The SMILES string of the molecule is CC(C)C[C@H](NOC=O)C(=O)NC(=O)OCC1c2ccccc2-c2ccccc21. The summed E-state index contributed by atoms with van der Waals surface area (Å²) in [5.74, 6) is -0.556. The van der Waals surface area contributed by atoms with Crippen molar-refractivity contribution in [3.05, 3.63) is 59.7 Å². The fourth-order valence-corrected chi connectivity index (χ4v) is 3.61. The normalized spacial score (nSPS) is 13.3. The van der Waals surface area contributed by atoms with Crippen LogP contribution in [0.3, 0.4) is 0 Å². The molecular formula is C22H24N2O5. The lowest BCUT2D eigenvalue weighted by atomic mass is 9.98. The molecule has 2 N–H and O–H groups in total. The fraction of sp³-hybridized carbons (Fsp3) is 0.318. The lowest BCUT2D eigenvalue weighted by Gasteiger charge is -2.18. The van der Waals surface area contributed by atoms with E-state index >= 15 is 0 Å². The lowest BCUT2D eigenvalue weighted by molar-refractivity contribution is -0.140. The van der Waals surface area contributed by atoms with E-state index in [9.17, 15) is 14.4 Å². The number of rotatable bonds is 8. The number of imide groups is 1. The smallest absolute Gasteiger partial charge is 0.413 e. The van der Waals surface area contributed by atoms with Gasteiger partial charge in [-0.25, -0.2) is 4.79 Å². The molecule has 0 saturated carbocycles. The molecule has 29 heavy (non-hydrogen) atoms. The quantitative estimate of drug-likeness (QED) is 0.526. The van der Waals surface area contributed by atoms with Crippen molar-refractivity contribution in [3.63, 3.8) is 0 Å². The molecule has 0 heterocycles. The first-order valence-corrected chi connectivity index (χ1v) is 9.52. The van der Waals surface area contributed by atoms with Gasteiger partial charge in [0, 0.05) is 5.92 Å². The topological polar surface area (TPSA) is 93.7 Å². The molecule has 7 nitrogen and oxygen atoms in total. The first-order chi connectivity index (χ1) is 14.0. The Labute approximate surface area is 169 Å². The van der Waals surface area contributed by atoms with Crippen LogP contribution in [0.25, 0.3) is 11.1 Å². The molecule has 2 aromatic rings. The second-order valence-corrected chi connectivity index (χ2v) is 7.33. The average Bonchev–Trinajstić information content (AvgIpc) is 3.03. The molecule has 1 atom stereocenters. The number of hydroxylamine groups is 1. The third-order valence-corrected chi connectivity index (χ3v) is 4.85. The fourth-order valence-electron chi connectivity index (χ4n) is 3.61. The van der Waals surface area contributed by atoms with Crippen LogP contribution in [0.5, 0.6) is 0 Å². The number of hydrogen-bond donors (Lipinski definition) is 2. The van der Waals surface area contributed by atoms with E-state index < -0.39 is 18.0 Å². The summed E-state index contributed by atoms with van der Waals surface area (Å²) in [6.45, 7) is 4.13. The molecule has 0 aliphatic heterocycles. The second-order valence-electron chi connectivity index (χ2n) is 7.33. The van der Waals surface area contributed by atoms with Gasteiger partial charge in [0.05, 0.1) is 0 Å². The lowest BCUT2D eigenvalue weighted by Crippen LogP contribution is -2.47. The summed E-state index contributed by atoms with van der Waals surface area (Å²) >= 11 is 0. The van der Waals surface area contributed by atoms with E-state index in [0.717, 1.165) is 22.3 Å². The summed E-state index contributed by atoms with van der Waals surface area (Å²) in [7, 11) is 0. The van der Waals surface area contributed by atoms with E-state index in [4.69, 9.17) is 4.74 Å². The standard InChI is InChI=1S/C22H24N2O5/c1-14(2)11-20(24-29-13-25)21(26)23-22(27)28-12-19-17-9-5-3-7-15(17)16-8-4-6-10-18(16)19/h3-10,13-14,19-20,24H,11-12H2,1-2H3,(H,23,26,27)/t20-/m0/s1. The Morgan fingerprint density at radius 3 is 2.17 bits per heavy atom. The van der Waals surface area contributed by atoms with Crippen molar-refractivity contribution in [2.24, 2.45) is 5.92 Å². The van der Waals surface area contributed by atoms with Gasteiger partial charge in [-0.05, 0) is 34.6 Å². The molecule has 0 fully saturated rings. The zero-order valence-electron chi connectivity index (χ0n) is 16.4. The van der Waals surface area contributed by atoms with Gasteiger partial charge in [-0.15, -0.1) is 5.48 Å². The molecule has 7 heteroatoms. The van der Waals surface area contributed by atoms with Crippen molar-refractivity contribution in [3.8, 4) is 11.1 Å². The van der Waals surface area contributed by atoms with Gasteiger partial charge in [0.2, 0.25) is 5.91 Å². The van der Waals surface area contributed by atoms with E-state index in [1.807, 2.05) is 62.4 Å². The number of amides is 2. The van der Waals surface area contributed by atoms with Crippen molar-refractivity contribution in [2.45, 2.75) is 32.2 Å². The summed E-state index contributed by atoms with van der Waals surface area (Å²) in [4.78, 5) is 39.4. The highest BCUT2D eigenvalue weighted by molar-refractivity contribution is 5.94. The Morgan fingerprint density at radius 1 is 1.03 bits per heavy atom. The van der Waals surface area contributed by atoms with Gasteiger partial charge in [0.25, 0.3) is 0 Å². The van der Waals surface area contributed by atoms with E-state index in [1.165, 1.54) is 0 Å². The Morgan fingerprint density at radius 2 is 1.62 bits per heavy atom. The highest BCUT2D eigenvalue weighted by Gasteiger charge is 2.29. The van der Waals surface area contributed by atoms with Crippen LogP contribution in [0.4, 0.5) is 4.79 Å². The van der Waals surface area contributed by atoms with Crippen LogP contribution >= 0.6 is 0 Å². The highest BCUT2D eigenvalue weighted by atomic mass is 16.7. The Bertz CT molecular complexity index is 851. The molecular weight excluding hydrogens is 372 g/mol. The number of carbonyl (C=O) groups is 3. The van der Waals surface area contributed by atoms with Crippen molar-refractivity contribution in [1.29, 1.82) is 0 Å². The van der Waals surface area contributed by atoms with E-state index in [-0.39, 0.29) is 24.9 Å². The number of ether oxygens (including phenoxy) is 1. The van der Waals surface area contributed by atoms with Gasteiger partial charge in [-0.2, -0.15) is 0 Å². The van der Waals surface area contributed by atoms with Gasteiger partial charge in [0.15, 0.2) is 0 Å². The summed E-state index contributed by atoms with van der Waals surface area (Å²) in [5, 5.41) is 2.21. The molecule has 152 valence electrons. The van der Waals surface area contributed by atoms with Gasteiger partial charge < -0.3 is 9.57 Å². The molecule has 1 aliphatic rings. The number of alkyl carbamates (subject to hydrolysis) is 1. The summed E-state index contributed by atoms with van der Waals surface area (Å²) < 4.78 is 5.36. The number of fused-ring (bicyclic) bond motifs is 3. The number of nitrogens with one attached hydrogen (secondary N) is 2. The molecule has 0 unspecified atom stereocenters. The first kappa shape index (κ1) is 20.5. The maximum absolute atomic E-state index is 12.3. The second kappa shape index (κ2) is 9.34. The number of benzene rings is 2. The van der Waals surface area contributed by atoms with E-state index in [0.29, 0.717) is 6.42 Å². The van der Waals surface area contributed by atoms with Gasteiger partial charge in [-0.3, -0.25) is 14.9 Å². The van der Waals surface area contributed by atoms with Crippen LogP contribution in [0.15, 0.2) is 48.5 Å². The summed E-state index contributed by atoms with van der Waals surface area (Å²) in [6, 6.07) is 15.2. The minimum absolute atomic E-state index is 0.0914. The Hall–Kier alpha value is -3.19. The van der Waals surface area contributed by atoms with E-state index in [1.54, 1.807) is 0 Å². The molecule has 0 radical (unpaired) electrons. The highest BCUT2D eigenvalue weighted by Crippen LogP contribution is 2.44. The van der Waals surface area contributed by atoms with Crippen LogP contribution in [0.2, 0.25) is 0 Å². The third kappa shape index (κ3) is 4.81. The van der Waals surface area contributed by atoms with Crippen LogP contribution in [0.1, 0.15) is 37.3 Å². The predicted molar refractivity (Wildman–Crippen MR) is 107 cm³/mol. The molecule has 1 aliphatic carbocycles. The van der Waals surface area contributed by atoms with Crippen molar-refractivity contribution < 1.29 is 24.0 Å². The Kier molecular flexibility index (Phi) is 6.61. The monoisotopic (exact) mass is 396 g/mol. The molecule has 0 saturated heterocycles. The summed E-state index contributed by atoms with van der Waals surface area (Å²) in [5.41, 5.74) is 6.77. The molecule has 0 bridgehead atoms. The van der Waals surface area contributed by atoms with E-state index in [2.05, 4.69) is 15.6 Å². The Balaban J connectivity index is 1.63. The molecule has 0 aromatic heterocycles. The maximum Gasteiger partial charge on any atom is 0.413 e. The van der Waals surface area contributed by atoms with Gasteiger partial charge >= 0.3 is 12.6 Å². The van der Waals surface area contributed by atoms with Crippen LogP contribution in [-0.4, -0.2) is 31.1 Å². The molecule has 3 rings (SSSR count). The first-order valence-electron chi connectivity index (χ1n) is 9.52. The van der Waals surface area contributed by atoms with Crippen molar-refractivity contribution >= 4 is 18.5 Å². The number of carbonyl (C=O) groups excluding carboxylic acids is 3. The average molecular weight is 396 g/mol. The van der Waals surface area contributed by atoms with Gasteiger partial charge in [0.1, 0.15) is 12.6 Å². The summed E-state index contributed by atoms with van der Waals surface area (Å²) in [6.07, 6.45) is -0.449. The minimum Gasteiger partial charge on any atom is -0.448 e. The third-order valence-electron chi connectivity index (χ3n) is 4.85. The number of hydrogen-bond acceptors (Lipinski definition) is 6. The maximum atomic E-state index is 12.3. The van der Waals surface area contributed by atoms with Crippen molar-refractivity contribution in [1.82, 2.24) is 10.8 Å². The van der Waals surface area contributed by atoms with Crippen LogP contribution < -0.4 is 10.8 Å². The van der Waals surface area contributed by atoms with Crippen LogP contribution in [0, 0.1) is 5.92 Å². The van der Waals surface area contributed by atoms with Crippen LogP contribution in [-0.2, 0) is 19.2 Å². The molecule has 2 amide bonds. The predicted octanol–water partition coefficient (Wildman–Crippen LogP) is 3.14. The molecule has 0 spiro atoms. The van der Waals surface area contributed by atoms with Gasteiger partial charge in [-0.1, -0.05) is 62.4 Å². The zero-order chi connectivity index (χ0) is 20.8. The van der Waals surface area contributed by atoms with Crippen molar-refractivity contribution in [2.75, 3.05) is 6.61 Å². The minimum atomic E-state index is -0.847.